The molecule has 11 atom stereocenters. The number of aromatic amines is 1. The van der Waals surface area contributed by atoms with Crippen molar-refractivity contribution in [3.05, 3.63) is 36.0 Å². The summed E-state index contributed by atoms with van der Waals surface area (Å²) >= 11 is 5.53. The van der Waals surface area contributed by atoms with Crippen molar-refractivity contribution >= 4 is 118 Å². The SMILES string of the molecule is CC[C@H](C)[C@H](N)C(=O)N[C@@H](CC(=O)O)C(=O)N[C@@H](CC(=O)O)C(=O)N[C@@H](CS)C(=O)N[C@@H](Cc1c[nH]c2ccccc12)C(=O)N[C@@H](CCSC)C(=O)N[C@@H](C)C(=O)N1CCC[C@H]1C(=O)N[C@@H](CCC(N)=O)C(=O)N[C@@H](CCCNC(=N)N)C(=O)O. The normalized spacial score (nSPS) is 16.4. The van der Waals surface area contributed by atoms with Crippen molar-refractivity contribution in [1.29, 1.82) is 5.41 Å². The Kier molecular flexibility index (Phi) is 29.4. The van der Waals surface area contributed by atoms with Crippen LogP contribution in [0.4, 0.5) is 0 Å². The number of hydrogen-bond acceptors (Lipinski definition) is 17. The minimum absolute atomic E-state index is 0.0113. The molecule has 2 aromatic rings. The molecule has 31 nitrogen and oxygen atoms in total. The monoisotopic (exact) mass is 1230 g/mol. The van der Waals surface area contributed by atoms with Gasteiger partial charge in [0, 0.05) is 48.8 Å². The number of fused-ring (bicyclic) bond motifs is 1. The van der Waals surface area contributed by atoms with Gasteiger partial charge in [-0.05, 0) is 75.0 Å². The van der Waals surface area contributed by atoms with Crippen LogP contribution in [0.15, 0.2) is 30.5 Å². The number of carbonyl (C=O) groups excluding carboxylic acids is 10. The highest BCUT2D eigenvalue weighted by Crippen LogP contribution is 2.21. The van der Waals surface area contributed by atoms with Crippen molar-refractivity contribution in [3.8, 4) is 0 Å². The van der Waals surface area contributed by atoms with Crippen LogP contribution in [-0.4, -0.2) is 199 Å². The molecule has 470 valence electrons. The second kappa shape index (κ2) is 35.2. The van der Waals surface area contributed by atoms with Gasteiger partial charge in [-0.25, -0.2) is 4.79 Å². The molecule has 0 spiro atoms. The number of guanidine groups is 1. The van der Waals surface area contributed by atoms with E-state index in [4.69, 9.17) is 22.6 Å². The number of H-pyrrole nitrogens is 1. The van der Waals surface area contributed by atoms with E-state index in [9.17, 15) is 77.6 Å². The van der Waals surface area contributed by atoms with E-state index in [1.54, 1.807) is 50.6 Å². The molecular formula is C52H79N15O16S2. The molecule has 1 fully saturated rings. The molecule has 0 bridgehead atoms. The lowest BCUT2D eigenvalue weighted by atomic mass is 9.99. The van der Waals surface area contributed by atoms with Gasteiger partial charge in [0.15, 0.2) is 5.96 Å². The average Bonchev–Trinajstić information content (AvgIpc) is 4.13. The number of nitrogens with two attached hydrogens (primary N) is 3. The summed E-state index contributed by atoms with van der Waals surface area (Å²) in [7, 11) is 0. The van der Waals surface area contributed by atoms with E-state index in [-0.39, 0.29) is 69.9 Å². The van der Waals surface area contributed by atoms with Gasteiger partial charge >= 0.3 is 17.9 Å². The molecule has 1 saturated heterocycles. The summed E-state index contributed by atoms with van der Waals surface area (Å²) in [5, 5.41) is 58.8. The number of aromatic nitrogens is 1. The number of benzene rings is 1. The molecule has 0 unspecified atom stereocenters. The second-order valence-electron chi connectivity index (χ2n) is 20.3. The Morgan fingerprint density at radius 2 is 1.25 bits per heavy atom. The number of rotatable bonds is 37. The number of carbonyl (C=O) groups is 13. The molecule has 1 aromatic heterocycles. The third-order valence-corrected chi connectivity index (χ3v) is 14.9. The first-order valence-electron chi connectivity index (χ1n) is 27.3. The van der Waals surface area contributed by atoms with Crippen LogP contribution in [0.1, 0.15) is 90.5 Å². The van der Waals surface area contributed by atoms with Crippen molar-refractivity contribution in [3.63, 3.8) is 0 Å². The number of hydrogen-bond donors (Lipinski definition) is 18. The van der Waals surface area contributed by atoms with Crippen LogP contribution in [0, 0.1) is 11.3 Å². The fourth-order valence-corrected chi connectivity index (χ4v) is 9.60. The number of likely N-dealkylation sites (tertiary alicyclic amines) is 1. The van der Waals surface area contributed by atoms with Crippen molar-refractivity contribution in [1.82, 2.24) is 57.7 Å². The molecule has 1 aromatic carbocycles. The van der Waals surface area contributed by atoms with Crippen molar-refractivity contribution in [2.75, 3.05) is 30.9 Å². The number of amides is 10. The first kappa shape index (κ1) is 71.1. The van der Waals surface area contributed by atoms with E-state index in [1.807, 2.05) is 0 Å². The third kappa shape index (κ3) is 23.1. The van der Waals surface area contributed by atoms with E-state index in [0.717, 1.165) is 0 Å². The van der Waals surface area contributed by atoms with Gasteiger partial charge in [0.2, 0.25) is 59.1 Å². The fourth-order valence-electron chi connectivity index (χ4n) is 8.88. The number of aliphatic carboxylic acids is 3. The topological polar surface area (TPSA) is 512 Å². The third-order valence-electron chi connectivity index (χ3n) is 13.9. The molecular weight excluding hydrogens is 1150 g/mol. The van der Waals surface area contributed by atoms with E-state index in [1.165, 1.54) is 23.6 Å². The van der Waals surface area contributed by atoms with Crippen LogP contribution in [0.3, 0.4) is 0 Å². The molecule has 0 radical (unpaired) electrons. The molecule has 10 amide bonds. The van der Waals surface area contributed by atoms with E-state index in [0.29, 0.717) is 35.1 Å². The lowest BCUT2D eigenvalue weighted by molar-refractivity contribution is -0.143. The standard InChI is InChI=1S/C52H79N15O16S2/c1-5-25(2)41(54)49(80)65-35(22-40(71)72)45(76)64-34(21-39(69)70)46(77)66-36(24-84)47(78)63-33(20-27-23-58-29-11-7-6-10-28(27)29)44(75)60-31(16-19-85-4)42(73)59-26(3)50(81)67-18-9-13-37(67)48(79)61-30(14-15-38(53)68)43(74)62-32(51(82)83)12-8-17-57-52(55)56/h6-7,10-11,23,25-26,30-37,41,58,84H,5,8-9,12-22,24,54H2,1-4H3,(H2,53,68)(H,59,73)(H,60,75)(H,61,79)(H,62,74)(H,63,78)(H,64,76)(H,65,80)(H,66,77)(H,69,70)(H,71,72)(H,82,83)(H4,55,56,57)/t25-,26-,30-,31-,32-,33-,34-,35-,36-,37-,41-/m0/s1. The Bertz CT molecular complexity index is 2750. The predicted molar refractivity (Wildman–Crippen MR) is 312 cm³/mol. The Hall–Kier alpha value is -8.20. The number of carboxylic acids is 3. The maximum absolute atomic E-state index is 14.5. The number of thioether (sulfide) groups is 1. The zero-order valence-corrected chi connectivity index (χ0v) is 49.2. The first-order valence-corrected chi connectivity index (χ1v) is 29.3. The van der Waals surface area contributed by atoms with Crippen molar-refractivity contribution in [2.24, 2.45) is 23.1 Å². The maximum Gasteiger partial charge on any atom is 0.326 e. The zero-order chi connectivity index (χ0) is 63.7. The van der Waals surface area contributed by atoms with E-state index >= 15 is 0 Å². The molecule has 0 aliphatic carbocycles. The minimum Gasteiger partial charge on any atom is -0.481 e. The van der Waals surface area contributed by atoms with Crippen molar-refractivity contribution in [2.45, 2.75) is 152 Å². The lowest BCUT2D eigenvalue weighted by Gasteiger charge is -2.30. The van der Waals surface area contributed by atoms with Crippen LogP contribution in [0.25, 0.3) is 10.9 Å². The van der Waals surface area contributed by atoms with Gasteiger partial charge in [0.1, 0.15) is 54.4 Å². The van der Waals surface area contributed by atoms with Gasteiger partial charge in [-0.3, -0.25) is 62.9 Å². The van der Waals surface area contributed by atoms with Crippen molar-refractivity contribution < 1.29 is 77.6 Å². The van der Waals surface area contributed by atoms with Crippen LogP contribution in [0.5, 0.6) is 0 Å². The molecule has 1 aliphatic rings. The minimum atomic E-state index is -1.95. The number of para-hydroxylation sites is 1. The summed E-state index contributed by atoms with van der Waals surface area (Å²) in [6.45, 7) is 4.91. The van der Waals surface area contributed by atoms with Gasteiger partial charge in [0.05, 0.1) is 18.9 Å². The summed E-state index contributed by atoms with van der Waals surface area (Å²) in [5.41, 5.74) is 17.8. The Labute approximate surface area is 499 Å². The molecule has 85 heavy (non-hydrogen) atoms. The lowest BCUT2D eigenvalue weighted by Crippen LogP contribution is -2.61. The van der Waals surface area contributed by atoms with Crippen LogP contribution in [-0.2, 0) is 68.7 Å². The average molecular weight is 1230 g/mol. The smallest absolute Gasteiger partial charge is 0.326 e. The molecule has 33 heteroatoms. The fraction of sp³-hybridized carbons (Fsp3) is 0.577. The Morgan fingerprint density at radius 1 is 0.718 bits per heavy atom. The molecule has 0 saturated carbocycles. The van der Waals surface area contributed by atoms with Gasteiger partial charge < -0.3 is 90.3 Å². The zero-order valence-electron chi connectivity index (χ0n) is 47.5. The first-order chi connectivity index (χ1) is 40.1. The quantitative estimate of drug-likeness (QED) is 0.0134. The van der Waals surface area contributed by atoms with Gasteiger partial charge in [-0.1, -0.05) is 38.5 Å². The largest absolute Gasteiger partial charge is 0.481 e. The number of nitrogens with one attached hydrogen (secondary N) is 11. The Balaban J connectivity index is 1.85. The summed E-state index contributed by atoms with van der Waals surface area (Å²) in [5.74, 6) is -14.9. The summed E-state index contributed by atoms with van der Waals surface area (Å²) in [6.07, 6.45) is 1.29. The predicted octanol–water partition coefficient (Wildman–Crippen LogP) is -3.78. The molecule has 1 aliphatic heterocycles. The molecule has 3 rings (SSSR count). The summed E-state index contributed by atoms with van der Waals surface area (Å²) in [6, 6.07) is -7.86. The number of carboxylic acid groups (broad SMARTS) is 3. The van der Waals surface area contributed by atoms with Crippen LogP contribution in [0.2, 0.25) is 0 Å². The van der Waals surface area contributed by atoms with Crippen LogP contribution >= 0.6 is 24.4 Å². The van der Waals surface area contributed by atoms with E-state index in [2.05, 4.69) is 65.5 Å². The summed E-state index contributed by atoms with van der Waals surface area (Å²) in [4.78, 5) is 176. The highest BCUT2D eigenvalue weighted by atomic mass is 32.2. The van der Waals surface area contributed by atoms with Gasteiger partial charge in [-0.2, -0.15) is 24.4 Å². The second-order valence-corrected chi connectivity index (χ2v) is 21.7. The number of nitrogens with zero attached hydrogens (tertiary/aromatic N) is 1. The van der Waals surface area contributed by atoms with Gasteiger partial charge in [0.25, 0.3) is 0 Å². The maximum atomic E-state index is 14.5. The van der Waals surface area contributed by atoms with E-state index < -0.39 is 156 Å². The number of thiol groups is 1. The van der Waals surface area contributed by atoms with Gasteiger partial charge in [-0.15, -0.1) is 0 Å². The molecule has 2 heterocycles. The molecule has 20 N–H and O–H groups in total. The Morgan fingerprint density at radius 3 is 1.82 bits per heavy atom. The highest BCUT2D eigenvalue weighted by Gasteiger charge is 2.40. The summed E-state index contributed by atoms with van der Waals surface area (Å²) < 4.78 is 0. The van der Waals surface area contributed by atoms with Crippen LogP contribution < -0.4 is 65.1 Å². The number of primary amides is 1. The highest BCUT2D eigenvalue weighted by molar-refractivity contribution is 7.98.